The van der Waals surface area contributed by atoms with E-state index >= 15 is 0 Å². The van der Waals surface area contributed by atoms with Crippen LogP contribution in [-0.2, 0) is 6.18 Å². The third-order valence-corrected chi connectivity index (χ3v) is 3.74. The highest BCUT2D eigenvalue weighted by Crippen LogP contribution is 2.34. The minimum absolute atomic E-state index is 0.0998. The summed E-state index contributed by atoms with van der Waals surface area (Å²) in [5.74, 6) is -0.582. The Morgan fingerprint density at radius 1 is 1.35 bits per heavy atom. The second-order valence-electron chi connectivity index (χ2n) is 4.54. The molecule has 0 fully saturated rings. The molecular formula is C14H17BrF3NO. The smallest absolute Gasteiger partial charge is 0.336 e. The molecule has 0 radical (unpaired) electrons. The topological polar surface area (TPSA) is 20.3 Å². The van der Waals surface area contributed by atoms with Gasteiger partial charge in [-0.3, -0.25) is 4.79 Å². The molecule has 0 heterocycles. The molecule has 112 valence electrons. The number of alkyl halides is 3. The molecule has 0 aromatic heterocycles. The summed E-state index contributed by atoms with van der Waals surface area (Å²) in [5, 5.41) is 0. The number of halogens is 4. The maximum atomic E-state index is 13.0. The molecule has 0 aliphatic carbocycles. The molecule has 1 aromatic carbocycles. The monoisotopic (exact) mass is 351 g/mol. The van der Waals surface area contributed by atoms with Crippen molar-refractivity contribution < 1.29 is 18.0 Å². The fourth-order valence-corrected chi connectivity index (χ4v) is 2.33. The number of benzene rings is 1. The first kappa shape index (κ1) is 17.0. The largest absolute Gasteiger partial charge is 0.417 e. The van der Waals surface area contributed by atoms with Crippen LogP contribution in [0.1, 0.15) is 43.1 Å². The van der Waals surface area contributed by atoms with Gasteiger partial charge in [-0.05, 0) is 38.5 Å². The van der Waals surface area contributed by atoms with Crippen molar-refractivity contribution in [2.45, 2.75) is 39.4 Å². The molecular weight excluding hydrogens is 335 g/mol. The predicted octanol–water partition coefficient (Wildman–Crippen LogP) is 4.73. The quantitative estimate of drug-likeness (QED) is 0.767. The van der Waals surface area contributed by atoms with E-state index in [1.807, 2.05) is 13.8 Å². The SMILES string of the molecule is CCC(C)N(CC)C(=O)c1ccc(Br)cc1C(F)(F)F. The average Bonchev–Trinajstić information content (AvgIpc) is 2.37. The Bertz CT molecular complexity index is 488. The Hall–Kier alpha value is -1.04. The van der Waals surface area contributed by atoms with Crippen LogP contribution in [0.5, 0.6) is 0 Å². The number of rotatable bonds is 4. The van der Waals surface area contributed by atoms with E-state index < -0.39 is 17.6 Å². The highest BCUT2D eigenvalue weighted by molar-refractivity contribution is 9.10. The third-order valence-electron chi connectivity index (χ3n) is 3.24. The number of hydrogen-bond acceptors (Lipinski definition) is 1. The van der Waals surface area contributed by atoms with Gasteiger partial charge in [0.25, 0.3) is 5.91 Å². The van der Waals surface area contributed by atoms with Gasteiger partial charge >= 0.3 is 6.18 Å². The lowest BCUT2D eigenvalue weighted by atomic mass is 10.0. The maximum Gasteiger partial charge on any atom is 0.417 e. The van der Waals surface area contributed by atoms with Crippen LogP contribution in [0.4, 0.5) is 13.2 Å². The second-order valence-corrected chi connectivity index (χ2v) is 5.45. The number of hydrogen-bond donors (Lipinski definition) is 0. The first-order valence-corrected chi connectivity index (χ1v) is 7.19. The van der Waals surface area contributed by atoms with Crippen molar-refractivity contribution >= 4 is 21.8 Å². The fourth-order valence-electron chi connectivity index (χ4n) is 1.97. The summed E-state index contributed by atoms with van der Waals surface area (Å²) in [4.78, 5) is 13.8. The van der Waals surface area contributed by atoms with E-state index in [9.17, 15) is 18.0 Å². The second kappa shape index (κ2) is 6.61. The number of carbonyl (C=O) groups excluding carboxylic acids is 1. The average molecular weight is 352 g/mol. The molecule has 1 unspecified atom stereocenters. The molecule has 6 heteroatoms. The fraction of sp³-hybridized carbons (Fsp3) is 0.500. The van der Waals surface area contributed by atoms with E-state index in [-0.39, 0.29) is 11.6 Å². The molecule has 2 nitrogen and oxygen atoms in total. The lowest BCUT2D eigenvalue weighted by Gasteiger charge is -2.28. The van der Waals surface area contributed by atoms with Gasteiger partial charge in [-0.25, -0.2) is 0 Å². The molecule has 0 saturated heterocycles. The standard InChI is InChI=1S/C14H17BrF3NO/c1-4-9(3)19(5-2)13(20)11-7-6-10(15)8-12(11)14(16,17)18/h6-9H,4-5H2,1-3H3. The normalized spacial score (nSPS) is 13.2. The van der Waals surface area contributed by atoms with Gasteiger partial charge in [-0.2, -0.15) is 13.2 Å². The summed E-state index contributed by atoms with van der Waals surface area (Å²) in [6.07, 6.45) is -3.86. The molecule has 1 amide bonds. The molecule has 0 aliphatic rings. The van der Waals surface area contributed by atoms with Gasteiger partial charge in [-0.15, -0.1) is 0 Å². The Kier molecular flexibility index (Phi) is 5.62. The lowest BCUT2D eigenvalue weighted by molar-refractivity contribution is -0.138. The zero-order chi connectivity index (χ0) is 15.5. The van der Waals surface area contributed by atoms with Crippen LogP contribution in [0.2, 0.25) is 0 Å². The van der Waals surface area contributed by atoms with Crippen LogP contribution in [0.15, 0.2) is 22.7 Å². The van der Waals surface area contributed by atoms with Gasteiger partial charge in [0.15, 0.2) is 0 Å². The third kappa shape index (κ3) is 3.75. The van der Waals surface area contributed by atoms with Crippen molar-refractivity contribution in [3.8, 4) is 0 Å². The zero-order valence-electron chi connectivity index (χ0n) is 11.6. The van der Waals surface area contributed by atoms with Gasteiger partial charge < -0.3 is 4.90 Å². The molecule has 1 rings (SSSR count). The molecule has 0 bridgehead atoms. The van der Waals surface area contributed by atoms with Gasteiger partial charge in [0.1, 0.15) is 0 Å². The van der Waals surface area contributed by atoms with Gasteiger partial charge in [0.05, 0.1) is 11.1 Å². The lowest BCUT2D eigenvalue weighted by Crippen LogP contribution is -2.39. The maximum absolute atomic E-state index is 13.0. The molecule has 0 N–H and O–H groups in total. The number of carbonyl (C=O) groups is 1. The van der Waals surface area contributed by atoms with E-state index in [1.54, 1.807) is 6.92 Å². The van der Waals surface area contributed by atoms with E-state index in [1.165, 1.54) is 17.0 Å². The predicted molar refractivity (Wildman–Crippen MR) is 75.6 cm³/mol. The first-order chi connectivity index (χ1) is 9.22. The minimum atomic E-state index is -4.55. The van der Waals surface area contributed by atoms with Crippen molar-refractivity contribution in [3.05, 3.63) is 33.8 Å². The summed E-state index contributed by atoms with van der Waals surface area (Å²) < 4.78 is 39.4. The van der Waals surface area contributed by atoms with Crippen molar-refractivity contribution in [2.75, 3.05) is 6.54 Å². The Morgan fingerprint density at radius 2 is 1.95 bits per heavy atom. The number of amides is 1. The van der Waals surface area contributed by atoms with Crippen molar-refractivity contribution in [1.82, 2.24) is 4.90 Å². The van der Waals surface area contributed by atoms with Crippen molar-refractivity contribution in [2.24, 2.45) is 0 Å². The molecule has 20 heavy (non-hydrogen) atoms. The first-order valence-electron chi connectivity index (χ1n) is 6.40. The van der Waals surface area contributed by atoms with Crippen LogP contribution in [0.25, 0.3) is 0 Å². The number of nitrogens with zero attached hydrogens (tertiary/aromatic N) is 1. The van der Waals surface area contributed by atoms with Crippen LogP contribution >= 0.6 is 15.9 Å². The summed E-state index contributed by atoms with van der Waals surface area (Å²) in [6.45, 7) is 5.86. The summed E-state index contributed by atoms with van der Waals surface area (Å²) in [7, 11) is 0. The van der Waals surface area contributed by atoms with E-state index in [0.29, 0.717) is 17.4 Å². The molecule has 0 spiro atoms. The summed E-state index contributed by atoms with van der Waals surface area (Å²) in [6, 6.07) is 3.52. The molecule has 0 saturated carbocycles. The highest BCUT2D eigenvalue weighted by atomic mass is 79.9. The van der Waals surface area contributed by atoms with Crippen LogP contribution in [0.3, 0.4) is 0 Å². The Labute approximate surface area is 125 Å². The van der Waals surface area contributed by atoms with Crippen LogP contribution in [-0.4, -0.2) is 23.4 Å². The van der Waals surface area contributed by atoms with Crippen molar-refractivity contribution in [1.29, 1.82) is 0 Å². The zero-order valence-corrected chi connectivity index (χ0v) is 13.2. The van der Waals surface area contributed by atoms with E-state index in [2.05, 4.69) is 15.9 Å². The molecule has 1 atom stereocenters. The highest BCUT2D eigenvalue weighted by Gasteiger charge is 2.36. The van der Waals surface area contributed by atoms with Crippen LogP contribution in [0, 0.1) is 0 Å². The Morgan fingerprint density at radius 3 is 2.40 bits per heavy atom. The Balaban J connectivity index is 3.28. The molecule has 1 aromatic rings. The minimum Gasteiger partial charge on any atom is -0.336 e. The van der Waals surface area contributed by atoms with Gasteiger partial charge in [0.2, 0.25) is 0 Å². The van der Waals surface area contributed by atoms with Gasteiger partial charge in [0, 0.05) is 17.1 Å². The van der Waals surface area contributed by atoms with E-state index in [4.69, 9.17) is 0 Å². The summed E-state index contributed by atoms with van der Waals surface area (Å²) >= 11 is 3.01. The van der Waals surface area contributed by atoms with Crippen LogP contribution < -0.4 is 0 Å². The van der Waals surface area contributed by atoms with Crippen molar-refractivity contribution in [3.63, 3.8) is 0 Å². The summed E-state index contributed by atoms with van der Waals surface area (Å²) in [5.41, 5.74) is -1.21. The van der Waals surface area contributed by atoms with E-state index in [0.717, 1.165) is 6.07 Å². The van der Waals surface area contributed by atoms with Gasteiger partial charge in [-0.1, -0.05) is 22.9 Å². The molecule has 0 aliphatic heterocycles.